The normalized spacial score (nSPS) is 23.6. The topological polar surface area (TPSA) is 76.2 Å². The minimum atomic E-state index is -3.66. The number of piperidine rings is 1. The number of sulfonamides is 1. The first-order valence-corrected chi connectivity index (χ1v) is 13.3. The highest BCUT2D eigenvalue weighted by molar-refractivity contribution is 7.89. The lowest BCUT2D eigenvalue weighted by Gasteiger charge is -2.34. The number of nitrogens with zero attached hydrogens (tertiary/aromatic N) is 2. The molecule has 0 aromatic heterocycles. The van der Waals surface area contributed by atoms with Crippen molar-refractivity contribution in [2.45, 2.75) is 44.0 Å². The van der Waals surface area contributed by atoms with Crippen LogP contribution in [0.5, 0.6) is 11.5 Å². The molecule has 2 heterocycles. The number of carbonyl (C=O) groups excluding carboxylic acids is 1. The lowest BCUT2D eigenvalue weighted by Crippen LogP contribution is -2.42. The van der Waals surface area contributed by atoms with Crippen molar-refractivity contribution in [2.75, 3.05) is 33.9 Å². The Labute approximate surface area is 202 Å². The van der Waals surface area contributed by atoms with Gasteiger partial charge in [-0.25, -0.2) is 8.42 Å². The summed E-state index contributed by atoms with van der Waals surface area (Å²) in [4.78, 5) is 15.6. The summed E-state index contributed by atoms with van der Waals surface area (Å²) in [5.74, 6) is 1.82. The maximum atomic E-state index is 13.6. The van der Waals surface area contributed by atoms with E-state index in [4.69, 9.17) is 9.47 Å². The molecule has 0 spiro atoms. The molecule has 0 bridgehead atoms. The van der Waals surface area contributed by atoms with E-state index < -0.39 is 10.0 Å². The van der Waals surface area contributed by atoms with Crippen LogP contribution in [0.25, 0.3) is 0 Å². The van der Waals surface area contributed by atoms with E-state index in [9.17, 15) is 13.2 Å². The summed E-state index contributed by atoms with van der Waals surface area (Å²) in [6, 6.07) is 12.0. The zero-order chi connectivity index (χ0) is 24.5. The lowest BCUT2D eigenvalue weighted by atomic mass is 9.94. The van der Waals surface area contributed by atoms with Crippen LogP contribution in [-0.4, -0.2) is 57.4 Å². The number of benzene rings is 2. The molecule has 2 fully saturated rings. The van der Waals surface area contributed by atoms with E-state index in [2.05, 4.69) is 13.8 Å². The average Bonchev–Trinajstić information content (AvgIpc) is 3.32. The van der Waals surface area contributed by atoms with Gasteiger partial charge < -0.3 is 14.4 Å². The van der Waals surface area contributed by atoms with Gasteiger partial charge >= 0.3 is 0 Å². The van der Waals surface area contributed by atoms with Crippen molar-refractivity contribution < 1.29 is 22.7 Å². The molecule has 34 heavy (non-hydrogen) atoms. The third kappa shape index (κ3) is 4.79. The predicted octanol–water partition coefficient (Wildman–Crippen LogP) is 4.35. The van der Waals surface area contributed by atoms with Gasteiger partial charge in [0, 0.05) is 36.8 Å². The Morgan fingerprint density at radius 1 is 1.00 bits per heavy atom. The standard InChI is InChI=1S/C26H34N2O5S/c1-18-13-19(2)17-27(16-18)34(30,31)22-8-5-7-20(14-22)26(29)28-12-6-9-24(28)23-11-10-21(32-3)15-25(23)33-4/h5,7-8,10-11,14-15,18-19,24H,6,9,12-13,16-17H2,1-4H3. The Morgan fingerprint density at radius 2 is 1.74 bits per heavy atom. The van der Waals surface area contributed by atoms with E-state index >= 15 is 0 Å². The SMILES string of the molecule is COc1ccc(C2CCCN2C(=O)c2cccc(S(=O)(=O)N3CC(C)CC(C)C3)c2)c(OC)c1. The molecule has 8 heteroatoms. The number of hydrogen-bond acceptors (Lipinski definition) is 5. The molecule has 2 aliphatic rings. The molecule has 2 aromatic rings. The van der Waals surface area contributed by atoms with E-state index in [0.29, 0.717) is 48.5 Å². The van der Waals surface area contributed by atoms with Gasteiger partial charge in [-0.05, 0) is 61.4 Å². The van der Waals surface area contributed by atoms with Gasteiger partial charge in [-0.1, -0.05) is 19.9 Å². The van der Waals surface area contributed by atoms with E-state index in [1.165, 1.54) is 6.07 Å². The largest absolute Gasteiger partial charge is 0.497 e. The van der Waals surface area contributed by atoms with Crippen molar-refractivity contribution in [3.05, 3.63) is 53.6 Å². The van der Waals surface area contributed by atoms with Gasteiger partial charge in [0.2, 0.25) is 10.0 Å². The Hall–Kier alpha value is -2.58. The Morgan fingerprint density at radius 3 is 2.41 bits per heavy atom. The van der Waals surface area contributed by atoms with Gasteiger partial charge in [0.15, 0.2) is 0 Å². The second-order valence-electron chi connectivity index (χ2n) is 9.56. The van der Waals surface area contributed by atoms with Crippen molar-refractivity contribution in [3.8, 4) is 11.5 Å². The zero-order valence-corrected chi connectivity index (χ0v) is 21.2. The first kappa shape index (κ1) is 24.5. The number of ether oxygens (including phenoxy) is 2. The highest BCUT2D eigenvalue weighted by Crippen LogP contribution is 2.39. The molecule has 1 amide bonds. The quantitative estimate of drug-likeness (QED) is 0.607. The fourth-order valence-corrected chi connectivity index (χ4v) is 7.06. The molecule has 2 aliphatic heterocycles. The monoisotopic (exact) mass is 486 g/mol. The van der Waals surface area contributed by atoms with Gasteiger partial charge in [-0.15, -0.1) is 0 Å². The first-order valence-electron chi connectivity index (χ1n) is 11.9. The van der Waals surface area contributed by atoms with Crippen molar-refractivity contribution in [1.82, 2.24) is 9.21 Å². The van der Waals surface area contributed by atoms with Crippen LogP contribution < -0.4 is 9.47 Å². The molecule has 2 saturated heterocycles. The summed E-state index contributed by atoms with van der Waals surface area (Å²) < 4.78 is 39.2. The Kier molecular flexibility index (Phi) is 7.19. The fraction of sp³-hybridized carbons (Fsp3) is 0.500. The number of carbonyl (C=O) groups is 1. The number of hydrogen-bond donors (Lipinski definition) is 0. The van der Waals surface area contributed by atoms with Crippen molar-refractivity contribution in [1.29, 1.82) is 0 Å². The van der Waals surface area contributed by atoms with Crippen LogP contribution in [0.3, 0.4) is 0 Å². The third-order valence-electron chi connectivity index (χ3n) is 6.87. The smallest absolute Gasteiger partial charge is 0.254 e. The first-order chi connectivity index (χ1) is 16.2. The van der Waals surface area contributed by atoms with E-state index in [-0.39, 0.29) is 16.8 Å². The summed E-state index contributed by atoms with van der Waals surface area (Å²) in [5.41, 5.74) is 1.31. The maximum absolute atomic E-state index is 13.6. The molecular weight excluding hydrogens is 452 g/mol. The van der Waals surface area contributed by atoms with Gasteiger partial charge in [0.25, 0.3) is 5.91 Å². The summed E-state index contributed by atoms with van der Waals surface area (Å²) >= 11 is 0. The summed E-state index contributed by atoms with van der Waals surface area (Å²) in [6.07, 6.45) is 2.71. The summed E-state index contributed by atoms with van der Waals surface area (Å²) in [7, 11) is -0.452. The fourth-order valence-electron chi connectivity index (χ4n) is 5.33. The average molecular weight is 487 g/mol. The third-order valence-corrected chi connectivity index (χ3v) is 8.70. The van der Waals surface area contributed by atoms with Gasteiger partial charge in [0.05, 0.1) is 25.2 Å². The van der Waals surface area contributed by atoms with Crippen LogP contribution in [0.1, 0.15) is 55.1 Å². The molecule has 0 saturated carbocycles. The van der Waals surface area contributed by atoms with Crippen LogP contribution in [-0.2, 0) is 10.0 Å². The number of rotatable bonds is 6. The molecule has 2 aromatic carbocycles. The number of methoxy groups -OCH3 is 2. The van der Waals surface area contributed by atoms with Crippen molar-refractivity contribution in [2.24, 2.45) is 11.8 Å². The maximum Gasteiger partial charge on any atom is 0.254 e. The molecule has 7 nitrogen and oxygen atoms in total. The zero-order valence-electron chi connectivity index (χ0n) is 20.4. The van der Waals surface area contributed by atoms with E-state index in [0.717, 1.165) is 24.8 Å². The van der Waals surface area contributed by atoms with E-state index in [1.807, 2.05) is 23.1 Å². The molecule has 0 aliphatic carbocycles. The minimum Gasteiger partial charge on any atom is -0.497 e. The highest BCUT2D eigenvalue weighted by atomic mass is 32.2. The van der Waals surface area contributed by atoms with Crippen molar-refractivity contribution >= 4 is 15.9 Å². The van der Waals surface area contributed by atoms with Crippen LogP contribution in [0.15, 0.2) is 47.4 Å². The molecule has 4 rings (SSSR count). The molecular formula is C26H34N2O5S. The van der Waals surface area contributed by atoms with Gasteiger partial charge in [-0.2, -0.15) is 4.31 Å². The van der Waals surface area contributed by atoms with Crippen LogP contribution in [0.4, 0.5) is 0 Å². The minimum absolute atomic E-state index is 0.141. The molecule has 0 radical (unpaired) electrons. The van der Waals surface area contributed by atoms with E-state index in [1.54, 1.807) is 36.7 Å². The highest BCUT2D eigenvalue weighted by Gasteiger charge is 2.35. The Balaban J connectivity index is 1.61. The van der Waals surface area contributed by atoms with Gasteiger partial charge in [0.1, 0.15) is 11.5 Å². The summed E-state index contributed by atoms with van der Waals surface area (Å²) in [6.45, 7) is 5.79. The van der Waals surface area contributed by atoms with Crippen LogP contribution in [0, 0.1) is 11.8 Å². The number of amides is 1. The second-order valence-corrected chi connectivity index (χ2v) is 11.5. The van der Waals surface area contributed by atoms with Crippen molar-refractivity contribution in [3.63, 3.8) is 0 Å². The molecule has 3 unspecified atom stereocenters. The molecule has 3 atom stereocenters. The summed E-state index contributed by atoms with van der Waals surface area (Å²) in [5, 5.41) is 0. The number of likely N-dealkylation sites (tertiary alicyclic amines) is 1. The second kappa shape index (κ2) is 9.96. The van der Waals surface area contributed by atoms with Crippen LogP contribution in [0.2, 0.25) is 0 Å². The lowest BCUT2D eigenvalue weighted by molar-refractivity contribution is 0.0734. The molecule has 184 valence electrons. The van der Waals surface area contributed by atoms with Gasteiger partial charge in [-0.3, -0.25) is 4.79 Å². The Bertz CT molecular complexity index is 1140. The predicted molar refractivity (Wildman–Crippen MR) is 131 cm³/mol. The van der Waals surface area contributed by atoms with Crippen LogP contribution >= 0.6 is 0 Å². The molecule has 0 N–H and O–H groups in total.